The number of carbonyl (C=O) groups excluding carboxylic acids is 2. The Morgan fingerprint density at radius 1 is 1.30 bits per heavy atom. The maximum atomic E-state index is 12.1. The molecule has 0 aliphatic heterocycles. The fourth-order valence-electron chi connectivity index (χ4n) is 1.59. The van der Waals surface area contributed by atoms with E-state index in [-0.39, 0.29) is 11.3 Å². The molecule has 0 saturated heterocycles. The third kappa shape index (κ3) is 5.31. The molecule has 6 nitrogen and oxygen atoms in total. The zero-order chi connectivity index (χ0) is 17.6. The number of carbonyl (C=O) groups is 2. The first-order valence-electron chi connectivity index (χ1n) is 6.69. The second-order valence-corrected chi connectivity index (χ2v) is 5.67. The first-order chi connectivity index (χ1) is 10.7. The number of esters is 1. The van der Waals surface area contributed by atoms with Crippen molar-refractivity contribution in [1.29, 1.82) is 5.26 Å². The number of nitrogens with two attached hydrogens (primary N) is 1. The summed E-state index contributed by atoms with van der Waals surface area (Å²) in [6.07, 6.45) is 0. The van der Waals surface area contributed by atoms with Crippen LogP contribution in [0.3, 0.4) is 0 Å². The summed E-state index contributed by atoms with van der Waals surface area (Å²) in [7, 11) is 0. The predicted octanol–water partition coefficient (Wildman–Crippen LogP) is 2.37. The topological polar surface area (TPSA) is 102 Å². The van der Waals surface area contributed by atoms with Gasteiger partial charge in [-0.25, -0.2) is 4.79 Å². The highest BCUT2D eigenvalue weighted by molar-refractivity contribution is 6.30. The minimum atomic E-state index is -1.32. The summed E-state index contributed by atoms with van der Waals surface area (Å²) >= 11 is 5.77. The lowest BCUT2D eigenvalue weighted by molar-refractivity contribution is -0.161. The molecule has 0 amide bonds. The molecule has 1 rings (SSSR count). The van der Waals surface area contributed by atoms with Crippen molar-refractivity contribution >= 4 is 23.4 Å². The van der Waals surface area contributed by atoms with Crippen molar-refractivity contribution in [3.05, 3.63) is 40.6 Å². The van der Waals surface area contributed by atoms with Gasteiger partial charge in [-0.05, 0) is 45.0 Å². The lowest BCUT2D eigenvalue weighted by Crippen LogP contribution is -2.40. The summed E-state index contributed by atoms with van der Waals surface area (Å²) < 4.78 is 10.5. The van der Waals surface area contributed by atoms with Crippen LogP contribution in [-0.2, 0) is 14.3 Å². The molecule has 0 aliphatic rings. The quantitative estimate of drug-likeness (QED) is 0.486. The molecule has 1 aromatic rings. The largest absolute Gasteiger partial charge is 0.476 e. The summed E-state index contributed by atoms with van der Waals surface area (Å²) in [4.78, 5) is 23.8. The summed E-state index contributed by atoms with van der Waals surface area (Å²) in [5.41, 5.74) is 3.94. The maximum Gasteiger partial charge on any atom is 0.350 e. The number of nitrogens with zero attached hydrogens (tertiary/aromatic N) is 1. The Labute approximate surface area is 139 Å². The molecule has 0 fully saturated rings. The molecule has 0 atom stereocenters. The fourth-order valence-corrected chi connectivity index (χ4v) is 1.71. The van der Waals surface area contributed by atoms with Crippen molar-refractivity contribution < 1.29 is 19.1 Å². The van der Waals surface area contributed by atoms with Crippen LogP contribution in [0.1, 0.15) is 20.8 Å². The van der Waals surface area contributed by atoms with Crippen molar-refractivity contribution in [2.24, 2.45) is 5.73 Å². The van der Waals surface area contributed by atoms with Crippen molar-refractivity contribution in [1.82, 2.24) is 0 Å². The van der Waals surface area contributed by atoms with E-state index in [0.29, 0.717) is 10.8 Å². The zero-order valence-corrected chi connectivity index (χ0v) is 13.8. The van der Waals surface area contributed by atoms with E-state index in [4.69, 9.17) is 32.1 Å². The van der Waals surface area contributed by atoms with E-state index in [1.54, 1.807) is 30.3 Å². The smallest absolute Gasteiger partial charge is 0.350 e. The average Bonchev–Trinajstić information content (AvgIpc) is 2.47. The molecule has 0 radical (unpaired) electrons. The Hall–Kier alpha value is -2.52. The maximum absolute atomic E-state index is 12.1. The van der Waals surface area contributed by atoms with Gasteiger partial charge < -0.3 is 15.2 Å². The van der Waals surface area contributed by atoms with Crippen molar-refractivity contribution in [3.8, 4) is 11.8 Å². The number of allylic oxidation sites excluding steroid dienone is 1. The van der Waals surface area contributed by atoms with Gasteiger partial charge in [0.05, 0.1) is 0 Å². The molecule has 0 spiro atoms. The van der Waals surface area contributed by atoms with Crippen LogP contribution in [0.2, 0.25) is 5.02 Å². The van der Waals surface area contributed by atoms with E-state index in [1.165, 1.54) is 20.8 Å². The van der Waals surface area contributed by atoms with E-state index in [1.807, 2.05) is 0 Å². The van der Waals surface area contributed by atoms with Gasteiger partial charge in [0.15, 0.2) is 12.2 Å². The highest BCUT2D eigenvalue weighted by Gasteiger charge is 2.32. The van der Waals surface area contributed by atoms with Gasteiger partial charge in [-0.1, -0.05) is 11.6 Å². The zero-order valence-electron chi connectivity index (χ0n) is 13.1. The monoisotopic (exact) mass is 336 g/mol. The van der Waals surface area contributed by atoms with Gasteiger partial charge in [0.25, 0.3) is 0 Å². The summed E-state index contributed by atoms with van der Waals surface area (Å²) in [5.74, 6) is -0.978. The molecular formula is C16H17ClN2O4. The van der Waals surface area contributed by atoms with E-state index < -0.39 is 24.0 Å². The van der Waals surface area contributed by atoms with Gasteiger partial charge in [-0.15, -0.1) is 0 Å². The molecule has 7 heteroatoms. The molecule has 0 saturated carbocycles. The van der Waals surface area contributed by atoms with Gasteiger partial charge in [0, 0.05) is 10.7 Å². The Balaban J connectivity index is 2.69. The normalized spacial score (nSPS) is 12.0. The number of hydrogen-bond acceptors (Lipinski definition) is 6. The fraction of sp³-hybridized carbons (Fsp3) is 0.312. The Morgan fingerprint density at radius 3 is 2.35 bits per heavy atom. The lowest BCUT2D eigenvalue weighted by Gasteiger charge is -2.24. The molecule has 122 valence electrons. The van der Waals surface area contributed by atoms with Crippen molar-refractivity contribution in [2.75, 3.05) is 6.61 Å². The number of ether oxygens (including phenoxy) is 2. The predicted molar refractivity (Wildman–Crippen MR) is 84.6 cm³/mol. The van der Waals surface area contributed by atoms with Crippen molar-refractivity contribution in [2.45, 2.75) is 26.4 Å². The van der Waals surface area contributed by atoms with Gasteiger partial charge in [0.1, 0.15) is 17.4 Å². The van der Waals surface area contributed by atoms with Crippen LogP contribution >= 0.6 is 11.6 Å². The van der Waals surface area contributed by atoms with Crippen LogP contribution in [-0.4, -0.2) is 24.0 Å². The van der Waals surface area contributed by atoms with Crippen LogP contribution in [0.15, 0.2) is 35.5 Å². The third-order valence-electron chi connectivity index (χ3n) is 2.80. The molecular weight excluding hydrogens is 320 g/mol. The molecule has 0 aliphatic carbocycles. The van der Waals surface area contributed by atoms with Crippen LogP contribution in [0.4, 0.5) is 0 Å². The van der Waals surface area contributed by atoms with E-state index in [0.717, 1.165) is 0 Å². The minimum Gasteiger partial charge on any atom is -0.476 e. The lowest BCUT2D eigenvalue weighted by atomic mass is 10.1. The van der Waals surface area contributed by atoms with Gasteiger partial charge in [-0.2, -0.15) is 5.26 Å². The molecule has 1 aromatic carbocycles. The number of benzene rings is 1. The summed E-state index contributed by atoms with van der Waals surface area (Å²) in [6, 6.07) is 8.14. The average molecular weight is 337 g/mol. The molecule has 0 aromatic heterocycles. The second kappa shape index (κ2) is 7.65. The van der Waals surface area contributed by atoms with Crippen molar-refractivity contribution in [3.63, 3.8) is 0 Å². The van der Waals surface area contributed by atoms with Gasteiger partial charge >= 0.3 is 5.97 Å². The SMILES string of the molecule is CC(N)=C(C#N)C(=O)COC(=O)C(C)(C)Oc1ccc(Cl)cc1. The van der Waals surface area contributed by atoms with E-state index in [2.05, 4.69) is 0 Å². The number of nitriles is 1. The first kappa shape index (κ1) is 18.5. The van der Waals surface area contributed by atoms with E-state index >= 15 is 0 Å². The highest BCUT2D eigenvalue weighted by atomic mass is 35.5. The number of hydrogen-bond donors (Lipinski definition) is 1. The molecule has 0 heterocycles. The number of Topliss-reactive ketones (excluding diaryl/α,β-unsaturated/α-hetero) is 1. The van der Waals surface area contributed by atoms with Crippen LogP contribution < -0.4 is 10.5 Å². The second-order valence-electron chi connectivity index (χ2n) is 5.24. The highest BCUT2D eigenvalue weighted by Crippen LogP contribution is 2.21. The summed E-state index contributed by atoms with van der Waals surface area (Å²) in [5, 5.41) is 9.36. The van der Waals surface area contributed by atoms with Crippen LogP contribution in [0.5, 0.6) is 5.75 Å². The number of rotatable bonds is 6. The first-order valence-corrected chi connectivity index (χ1v) is 7.06. The minimum absolute atomic E-state index is 0.0743. The van der Waals surface area contributed by atoms with Crippen LogP contribution in [0.25, 0.3) is 0 Å². The molecule has 23 heavy (non-hydrogen) atoms. The van der Waals surface area contributed by atoms with Gasteiger partial charge in [0.2, 0.25) is 5.78 Å². The van der Waals surface area contributed by atoms with Crippen LogP contribution in [0, 0.1) is 11.3 Å². The Morgan fingerprint density at radius 2 is 1.87 bits per heavy atom. The number of ketones is 1. The Bertz CT molecular complexity index is 668. The molecule has 2 N–H and O–H groups in total. The van der Waals surface area contributed by atoms with E-state index in [9.17, 15) is 9.59 Å². The third-order valence-corrected chi connectivity index (χ3v) is 3.05. The standard InChI is InChI=1S/C16H17ClN2O4/c1-10(19)13(8-18)14(20)9-22-15(21)16(2,3)23-12-6-4-11(17)5-7-12/h4-7H,9,19H2,1-3H3. The molecule has 0 unspecified atom stereocenters. The number of halogens is 1. The van der Waals surface area contributed by atoms with Gasteiger partial charge in [-0.3, -0.25) is 4.79 Å². The Kier molecular flexibility index (Phi) is 6.17. The molecule has 0 bridgehead atoms. The summed E-state index contributed by atoms with van der Waals surface area (Å²) in [6.45, 7) is 3.85.